The Balaban J connectivity index is 2.64. The summed E-state index contributed by atoms with van der Waals surface area (Å²) in [4.78, 5) is 14.3. The molecule has 0 bridgehead atoms. The largest absolute Gasteiger partial charge is 0.383 e. The molecule has 18 heavy (non-hydrogen) atoms. The molecule has 0 radical (unpaired) electrons. The maximum Gasteiger partial charge on any atom is 0.229 e. The fourth-order valence-electron chi connectivity index (χ4n) is 2.32. The van der Waals surface area contributed by atoms with Crippen LogP contribution in [0.25, 0.3) is 0 Å². The van der Waals surface area contributed by atoms with Crippen LogP contribution in [0.15, 0.2) is 0 Å². The maximum atomic E-state index is 12.6. The van der Waals surface area contributed by atoms with Crippen LogP contribution in [0.5, 0.6) is 0 Å². The van der Waals surface area contributed by atoms with E-state index in [1.54, 1.807) is 12.0 Å². The zero-order valence-electron chi connectivity index (χ0n) is 11.4. The number of carbonyl (C=O) groups is 1. The van der Waals surface area contributed by atoms with Gasteiger partial charge >= 0.3 is 0 Å². The minimum Gasteiger partial charge on any atom is -0.383 e. The molecule has 5 heteroatoms. The molecule has 1 amide bonds. The molecule has 0 aliphatic carbocycles. The Bertz CT molecular complexity index is 306. The smallest absolute Gasteiger partial charge is 0.229 e. The van der Waals surface area contributed by atoms with Gasteiger partial charge in [0, 0.05) is 26.7 Å². The molecule has 1 rings (SSSR count). The third-order valence-electron chi connectivity index (χ3n) is 3.46. The molecular formula is C13H23N3O2. The van der Waals surface area contributed by atoms with Crippen LogP contribution in [0.4, 0.5) is 0 Å². The summed E-state index contributed by atoms with van der Waals surface area (Å²) in [7, 11) is 1.62. The fraction of sp³-hybridized carbons (Fsp3) is 0.846. The van der Waals surface area contributed by atoms with E-state index in [0.29, 0.717) is 26.1 Å². The number of amides is 1. The van der Waals surface area contributed by atoms with Crippen molar-refractivity contribution in [1.29, 1.82) is 5.26 Å². The number of hydrogen-bond donors (Lipinski definition) is 1. The predicted octanol–water partition coefficient (Wildman–Crippen LogP) is 0.765. The number of piperidine rings is 1. The minimum atomic E-state index is -0.332. The van der Waals surface area contributed by atoms with Crippen molar-refractivity contribution in [3.63, 3.8) is 0 Å². The van der Waals surface area contributed by atoms with Crippen LogP contribution in [0.2, 0.25) is 0 Å². The van der Waals surface area contributed by atoms with Crippen molar-refractivity contribution in [2.45, 2.75) is 26.2 Å². The number of methoxy groups -OCH3 is 1. The number of nitrogens with zero attached hydrogens (tertiary/aromatic N) is 2. The first kappa shape index (κ1) is 14.9. The summed E-state index contributed by atoms with van der Waals surface area (Å²) in [6, 6.07) is 2.09. The number of hydrogen-bond acceptors (Lipinski definition) is 4. The third-order valence-corrected chi connectivity index (χ3v) is 3.46. The number of ether oxygens (including phenoxy) is 1. The van der Waals surface area contributed by atoms with Gasteiger partial charge in [0.2, 0.25) is 5.91 Å². The van der Waals surface area contributed by atoms with Crippen LogP contribution in [0.3, 0.4) is 0 Å². The van der Waals surface area contributed by atoms with Gasteiger partial charge in [-0.05, 0) is 26.3 Å². The highest BCUT2D eigenvalue weighted by Gasteiger charge is 2.37. The van der Waals surface area contributed by atoms with E-state index in [2.05, 4.69) is 11.4 Å². The molecule has 1 fully saturated rings. The summed E-state index contributed by atoms with van der Waals surface area (Å²) >= 11 is 0. The standard InChI is InChI=1S/C13H23N3O2/c1-13(5-3-7-15-11-13)12(17)16(8-4-6-14)9-10-18-2/h15H,3-5,7-11H2,1-2H3. The number of nitrogens with one attached hydrogen (secondary N) is 1. The third kappa shape index (κ3) is 3.97. The zero-order chi connectivity index (χ0) is 13.4. The van der Waals surface area contributed by atoms with Gasteiger partial charge < -0.3 is 15.0 Å². The maximum absolute atomic E-state index is 12.6. The zero-order valence-corrected chi connectivity index (χ0v) is 11.4. The Morgan fingerprint density at radius 1 is 1.56 bits per heavy atom. The van der Waals surface area contributed by atoms with Crippen LogP contribution in [0, 0.1) is 16.7 Å². The van der Waals surface area contributed by atoms with Crippen molar-refractivity contribution in [3.05, 3.63) is 0 Å². The van der Waals surface area contributed by atoms with Crippen LogP contribution in [-0.2, 0) is 9.53 Å². The number of carbonyl (C=O) groups excluding carboxylic acids is 1. The Hall–Kier alpha value is -1.12. The first-order chi connectivity index (χ1) is 8.64. The van der Waals surface area contributed by atoms with Gasteiger partial charge in [0.25, 0.3) is 0 Å². The van der Waals surface area contributed by atoms with Crippen molar-refractivity contribution in [2.75, 3.05) is 39.9 Å². The Morgan fingerprint density at radius 3 is 2.89 bits per heavy atom. The van der Waals surface area contributed by atoms with Gasteiger partial charge in [0.05, 0.1) is 24.5 Å². The predicted molar refractivity (Wildman–Crippen MR) is 68.9 cm³/mol. The van der Waals surface area contributed by atoms with Crippen LogP contribution >= 0.6 is 0 Å². The second kappa shape index (κ2) is 7.34. The highest BCUT2D eigenvalue weighted by molar-refractivity contribution is 5.82. The molecule has 0 spiro atoms. The number of nitriles is 1. The summed E-state index contributed by atoms with van der Waals surface area (Å²) < 4.78 is 5.03. The summed E-state index contributed by atoms with van der Waals surface area (Å²) in [6.45, 7) is 5.29. The SMILES string of the molecule is COCCN(CCC#N)C(=O)C1(C)CCCNC1. The van der Waals surface area contributed by atoms with E-state index in [1.807, 2.05) is 6.92 Å². The normalized spacial score (nSPS) is 23.4. The Morgan fingerprint density at radius 2 is 2.33 bits per heavy atom. The number of rotatable bonds is 6. The molecular weight excluding hydrogens is 230 g/mol. The highest BCUT2D eigenvalue weighted by Crippen LogP contribution is 2.28. The summed E-state index contributed by atoms with van der Waals surface area (Å²) in [5.74, 6) is 0.141. The van der Waals surface area contributed by atoms with E-state index in [9.17, 15) is 4.79 Å². The monoisotopic (exact) mass is 253 g/mol. The quantitative estimate of drug-likeness (QED) is 0.759. The second-order valence-electron chi connectivity index (χ2n) is 5.03. The highest BCUT2D eigenvalue weighted by atomic mass is 16.5. The van der Waals surface area contributed by atoms with Gasteiger partial charge in [-0.25, -0.2) is 0 Å². The van der Waals surface area contributed by atoms with Crippen molar-refractivity contribution in [2.24, 2.45) is 5.41 Å². The molecule has 1 unspecified atom stereocenters. The summed E-state index contributed by atoms with van der Waals surface area (Å²) in [5, 5.41) is 11.9. The molecule has 0 aromatic heterocycles. The first-order valence-electron chi connectivity index (χ1n) is 6.50. The summed E-state index contributed by atoms with van der Waals surface area (Å²) in [6.07, 6.45) is 2.31. The molecule has 5 nitrogen and oxygen atoms in total. The van der Waals surface area contributed by atoms with E-state index >= 15 is 0 Å². The van der Waals surface area contributed by atoms with Gasteiger partial charge in [0.15, 0.2) is 0 Å². The molecule has 1 heterocycles. The molecule has 0 aromatic rings. The lowest BCUT2D eigenvalue weighted by molar-refractivity contribution is -0.142. The van der Waals surface area contributed by atoms with E-state index in [0.717, 1.165) is 25.9 Å². The molecule has 1 saturated heterocycles. The van der Waals surface area contributed by atoms with Gasteiger partial charge in [0.1, 0.15) is 0 Å². The second-order valence-corrected chi connectivity index (χ2v) is 5.03. The molecule has 1 N–H and O–H groups in total. The van der Waals surface area contributed by atoms with Gasteiger partial charge in [-0.2, -0.15) is 5.26 Å². The van der Waals surface area contributed by atoms with E-state index in [-0.39, 0.29) is 11.3 Å². The van der Waals surface area contributed by atoms with E-state index in [1.165, 1.54) is 0 Å². The first-order valence-corrected chi connectivity index (χ1v) is 6.50. The summed E-state index contributed by atoms with van der Waals surface area (Å²) in [5.41, 5.74) is -0.332. The Kier molecular flexibility index (Phi) is 6.10. The molecule has 0 aromatic carbocycles. The van der Waals surface area contributed by atoms with Gasteiger partial charge in [-0.15, -0.1) is 0 Å². The van der Waals surface area contributed by atoms with E-state index in [4.69, 9.17) is 10.00 Å². The lowest BCUT2D eigenvalue weighted by Crippen LogP contribution is -2.51. The lowest BCUT2D eigenvalue weighted by Gasteiger charge is -2.37. The van der Waals surface area contributed by atoms with Gasteiger partial charge in [-0.3, -0.25) is 4.79 Å². The van der Waals surface area contributed by atoms with Crippen molar-refractivity contribution in [1.82, 2.24) is 10.2 Å². The molecule has 0 saturated carbocycles. The Labute approximate surface area is 109 Å². The van der Waals surface area contributed by atoms with Crippen molar-refractivity contribution >= 4 is 5.91 Å². The molecule has 1 aliphatic rings. The molecule has 1 atom stereocenters. The van der Waals surface area contributed by atoms with E-state index < -0.39 is 0 Å². The lowest BCUT2D eigenvalue weighted by atomic mass is 9.81. The van der Waals surface area contributed by atoms with Gasteiger partial charge in [-0.1, -0.05) is 0 Å². The average Bonchev–Trinajstić information content (AvgIpc) is 2.39. The average molecular weight is 253 g/mol. The minimum absolute atomic E-state index is 0.141. The van der Waals surface area contributed by atoms with Crippen LogP contribution < -0.4 is 5.32 Å². The molecule has 102 valence electrons. The van der Waals surface area contributed by atoms with Crippen LogP contribution in [-0.4, -0.2) is 50.7 Å². The topological polar surface area (TPSA) is 65.4 Å². The van der Waals surface area contributed by atoms with Crippen molar-refractivity contribution in [3.8, 4) is 6.07 Å². The van der Waals surface area contributed by atoms with Crippen LogP contribution in [0.1, 0.15) is 26.2 Å². The van der Waals surface area contributed by atoms with Crippen molar-refractivity contribution < 1.29 is 9.53 Å². The molecule has 1 aliphatic heterocycles. The fourth-order valence-corrected chi connectivity index (χ4v) is 2.32.